The summed E-state index contributed by atoms with van der Waals surface area (Å²) in [5, 5.41) is 9.06. The summed E-state index contributed by atoms with van der Waals surface area (Å²) < 4.78 is 19.1. The molecule has 0 unspecified atom stereocenters. The van der Waals surface area contributed by atoms with Gasteiger partial charge in [0.05, 0.1) is 0 Å². The van der Waals surface area contributed by atoms with Gasteiger partial charge in [0.15, 0.2) is 0 Å². The third-order valence-electron chi connectivity index (χ3n) is 2.67. The lowest BCUT2D eigenvalue weighted by Gasteiger charge is -2.11. The van der Waals surface area contributed by atoms with Gasteiger partial charge in [-0.3, -0.25) is 0 Å². The molecule has 0 amide bonds. The highest BCUT2D eigenvalue weighted by molar-refractivity contribution is 5.91. The number of carboxylic acid groups (broad SMARTS) is 1. The van der Waals surface area contributed by atoms with Crippen molar-refractivity contribution in [1.29, 1.82) is 0 Å². The summed E-state index contributed by atoms with van der Waals surface area (Å²) >= 11 is 0. The first-order chi connectivity index (χ1) is 9.63. The van der Waals surface area contributed by atoms with Gasteiger partial charge in [0.25, 0.3) is 0 Å². The largest absolute Gasteiger partial charge is 0.477 e. The maximum absolute atomic E-state index is 13.6. The van der Waals surface area contributed by atoms with Crippen LogP contribution in [0.1, 0.15) is 22.8 Å². The Morgan fingerprint density at radius 3 is 2.55 bits per heavy atom. The van der Waals surface area contributed by atoms with Crippen LogP contribution in [0.15, 0.2) is 48.5 Å². The highest BCUT2D eigenvalue weighted by Crippen LogP contribution is 2.30. The summed E-state index contributed by atoms with van der Waals surface area (Å²) in [5.74, 6) is -1.73. The molecule has 0 bridgehead atoms. The lowest BCUT2D eigenvalue weighted by Crippen LogP contribution is -2.03. The van der Waals surface area contributed by atoms with Gasteiger partial charge >= 0.3 is 5.97 Å². The van der Waals surface area contributed by atoms with Crippen molar-refractivity contribution in [2.75, 3.05) is 0 Å². The van der Waals surface area contributed by atoms with Crippen LogP contribution in [-0.2, 0) is 0 Å². The number of allylic oxidation sites excluding steroid dienone is 1. The van der Waals surface area contributed by atoms with Crippen LogP contribution in [0.2, 0.25) is 0 Å². The molecule has 0 aliphatic heterocycles. The van der Waals surface area contributed by atoms with E-state index < -0.39 is 17.3 Å². The zero-order chi connectivity index (χ0) is 14.5. The summed E-state index contributed by atoms with van der Waals surface area (Å²) in [7, 11) is 0. The maximum atomic E-state index is 13.6. The minimum Gasteiger partial charge on any atom is -0.477 e. The van der Waals surface area contributed by atoms with Crippen molar-refractivity contribution >= 4 is 12.0 Å². The van der Waals surface area contributed by atoms with Gasteiger partial charge in [0.1, 0.15) is 22.9 Å². The number of hydrogen-bond acceptors (Lipinski definition) is 2. The number of carboxylic acids is 1. The molecular formula is C16H13FO3. The van der Waals surface area contributed by atoms with E-state index in [1.165, 1.54) is 12.1 Å². The molecule has 2 rings (SSSR count). The third kappa shape index (κ3) is 2.85. The number of benzene rings is 2. The molecule has 20 heavy (non-hydrogen) atoms. The van der Waals surface area contributed by atoms with Crippen LogP contribution in [0.25, 0.3) is 6.08 Å². The fourth-order valence-electron chi connectivity index (χ4n) is 1.81. The molecule has 0 radical (unpaired) electrons. The molecule has 0 saturated heterocycles. The molecule has 0 aliphatic rings. The van der Waals surface area contributed by atoms with Gasteiger partial charge in [-0.05, 0) is 25.1 Å². The lowest BCUT2D eigenvalue weighted by atomic mass is 10.1. The highest BCUT2D eigenvalue weighted by Gasteiger charge is 2.17. The average Bonchev–Trinajstić information content (AvgIpc) is 2.41. The van der Waals surface area contributed by atoms with Crippen molar-refractivity contribution in [3.8, 4) is 11.5 Å². The molecule has 102 valence electrons. The molecule has 0 atom stereocenters. The van der Waals surface area contributed by atoms with Crippen LogP contribution in [0.3, 0.4) is 0 Å². The van der Waals surface area contributed by atoms with E-state index in [0.29, 0.717) is 5.75 Å². The van der Waals surface area contributed by atoms with Gasteiger partial charge < -0.3 is 9.84 Å². The van der Waals surface area contributed by atoms with Gasteiger partial charge in [-0.15, -0.1) is 0 Å². The molecule has 0 fully saturated rings. The van der Waals surface area contributed by atoms with Gasteiger partial charge in [-0.1, -0.05) is 36.4 Å². The predicted molar refractivity (Wildman–Crippen MR) is 74.6 cm³/mol. The maximum Gasteiger partial charge on any atom is 0.342 e. The van der Waals surface area contributed by atoms with Gasteiger partial charge in [-0.2, -0.15) is 0 Å². The quantitative estimate of drug-likeness (QED) is 0.900. The highest BCUT2D eigenvalue weighted by atomic mass is 19.1. The minimum atomic E-state index is -1.36. The number of rotatable bonds is 4. The van der Waals surface area contributed by atoms with E-state index in [9.17, 15) is 9.18 Å². The monoisotopic (exact) mass is 272 g/mol. The number of ether oxygens (including phenoxy) is 1. The first-order valence-corrected chi connectivity index (χ1v) is 6.05. The standard InChI is InChI=1S/C16H13FO3/c1-2-6-11-7-3-4-9-13(11)20-14-10-5-8-12(17)15(14)16(18)19/h2-10H,1H3,(H,18,19). The summed E-state index contributed by atoms with van der Waals surface area (Å²) in [4.78, 5) is 11.1. The number of aromatic carboxylic acids is 1. The first kappa shape index (κ1) is 13.8. The molecule has 0 spiro atoms. The molecule has 1 N–H and O–H groups in total. The fourth-order valence-corrected chi connectivity index (χ4v) is 1.81. The van der Waals surface area contributed by atoms with E-state index in [-0.39, 0.29) is 5.75 Å². The van der Waals surface area contributed by atoms with Crippen LogP contribution in [0, 0.1) is 5.82 Å². The molecule has 3 nitrogen and oxygen atoms in total. The SMILES string of the molecule is CC=Cc1ccccc1Oc1cccc(F)c1C(=O)O. The lowest BCUT2D eigenvalue weighted by molar-refractivity contribution is 0.0689. The van der Waals surface area contributed by atoms with Crippen LogP contribution in [0.5, 0.6) is 11.5 Å². The summed E-state index contributed by atoms with van der Waals surface area (Å²) in [6.07, 6.45) is 3.67. The van der Waals surface area contributed by atoms with Crippen molar-refractivity contribution in [1.82, 2.24) is 0 Å². The summed E-state index contributed by atoms with van der Waals surface area (Å²) in [6.45, 7) is 1.86. The Labute approximate surface area is 115 Å². The zero-order valence-corrected chi connectivity index (χ0v) is 10.8. The van der Waals surface area contributed by atoms with Gasteiger partial charge in [-0.25, -0.2) is 9.18 Å². The van der Waals surface area contributed by atoms with E-state index in [4.69, 9.17) is 9.84 Å². The van der Waals surface area contributed by atoms with Gasteiger partial charge in [0, 0.05) is 5.56 Å². The Kier molecular flexibility index (Phi) is 4.15. The Bertz CT molecular complexity index is 663. The molecule has 0 aliphatic carbocycles. The topological polar surface area (TPSA) is 46.5 Å². The van der Waals surface area contributed by atoms with Crippen molar-refractivity contribution in [3.05, 3.63) is 65.5 Å². The van der Waals surface area contributed by atoms with Crippen LogP contribution < -0.4 is 4.74 Å². The first-order valence-electron chi connectivity index (χ1n) is 6.05. The molecule has 2 aromatic carbocycles. The molecule has 0 heterocycles. The van der Waals surface area contributed by atoms with Crippen molar-refractivity contribution in [3.63, 3.8) is 0 Å². The zero-order valence-electron chi connectivity index (χ0n) is 10.8. The van der Waals surface area contributed by atoms with Gasteiger partial charge in [0.2, 0.25) is 0 Å². The average molecular weight is 272 g/mol. The van der Waals surface area contributed by atoms with Crippen LogP contribution in [0.4, 0.5) is 4.39 Å². The van der Waals surface area contributed by atoms with Crippen LogP contribution >= 0.6 is 0 Å². The van der Waals surface area contributed by atoms with Crippen LogP contribution in [-0.4, -0.2) is 11.1 Å². The predicted octanol–water partition coefficient (Wildman–Crippen LogP) is 4.35. The Balaban J connectivity index is 2.46. The molecular weight excluding hydrogens is 259 g/mol. The third-order valence-corrected chi connectivity index (χ3v) is 2.67. The van der Waals surface area contributed by atoms with Crippen molar-refractivity contribution in [2.24, 2.45) is 0 Å². The molecule has 4 heteroatoms. The Morgan fingerprint density at radius 1 is 1.15 bits per heavy atom. The van der Waals surface area contributed by atoms with Crippen molar-refractivity contribution < 1.29 is 19.0 Å². The molecule has 0 aromatic heterocycles. The van der Waals surface area contributed by atoms with E-state index in [1.807, 2.05) is 31.2 Å². The summed E-state index contributed by atoms with van der Waals surface area (Å²) in [5.41, 5.74) is 0.318. The number of carbonyl (C=O) groups is 1. The van der Waals surface area contributed by atoms with E-state index in [0.717, 1.165) is 11.6 Å². The van der Waals surface area contributed by atoms with E-state index >= 15 is 0 Å². The normalized spacial score (nSPS) is 10.7. The second kappa shape index (κ2) is 6.02. The second-order valence-corrected chi connectivity index (χ2v) is 4.06. The van der Waals surface area contributed by atoms with E-state index in [2.05, 4.69) is 0 Å². The number of hydrogen-bond donors (Lipinski definition) is 1. The minimum absolute atomic E-state index is 0.0190. The van der Waals surface area contributed by atoms with E-state index in [1.54, 1.807) is 12.1 Å². The Hall–Kier alpha value is -2.62. The van der Waals surface area contributed by atoms with Crippen molar-refractivity contribution in [2.45, 2.75) is 6.92 Å². The Morgan fingerprint density at radius 2 is 1.85 bits per heavy atom. The fraction of sp³-hybridized carbons (Fsp3) is 0.0625. The summed E-state index contributed by atoms with van der Waals surface area (Å²) in [6, 6.07) is 11.1. The second-order valence-electron chi connectivity index (χ2n) is 4.06. The smallest absolute Gasteiger partial charge is 0.342 e. The molecule has 2 aromatic rings. The number of para-hydroxylation sites is 1. The number of halogens is 1. The molecule has 0 saturated carbocycles.